The molecule has 0 atom stereocenters. The Balaban J connectivity index is 1.99. The molecule has 7 heteroatoms. The van der Waals surface area contributed by atoms with Gasteiger partial charge in [0, 0.05) is 17.7 Å². The van der Waals surface area contributed by atoms with E-state index in [4.69, 9.17) is 31.2 Å². The minimum atomic E-state index is 0.496. The Morgan fingerprint density at radius 1 is 1.34 bits per heavy atom. The quantitative estimate of drug-likeness (QED) is 0.588. The van der Waals surface area contributed by atoms with Crippen molar-refractivity contribution < 1.29 is 9.47 Å². The molecule has 29 heavy (non-hydrogen) atoms. The van der Waals surface area contributed by atoms with E-state index in [1.807, 2.05) is 36.6 Å². The van der Waals surface area contributed by atoms with Crippen molar-refractivity contribution in [2.45, 2.75) is 34.0 Å². The van der Waals surface area contributed by atoms with Gasteiger partial charge in [-0.05, 0) is 39.0 Å². The second kappa shape index (κ2) is 7.94. The number of aromatic nitrogens is 3. The SMILES string of the molecule is CC#CCN(CC)c1c2c(nc3c(-c4ccc(OC)cc4Cl)c(C)nn13)COC2. The zero-order chi connectivity index (χ0) is 20.5. The van der Waals surface area contributed by atoms with Crippen molar-refractivity contribution in [1.82, 2.24) is 14.6 Å². The fraction of sp³-hybridized carbons (Fsp3) is 0.364. The van der Waals surface area contributed by atoms with Crippen LogP contribution >= 0.6 is 11.6 Å². The lowest BCUT2D eigenvalue weighted by Gasteiger charge is -2.23. The van der Waals surface area contributed by atoms with Crippen LogP contribution < -0.4 is 9.64 Å². The summed E-state index contributed by atoms with van der Waals surface area (Å²) in [5, 5.41) is 5.45. The van der Waals surface area contributed by atoms with Crippen LogP contribution in [0.5, 0.6) is 5.75 Å². The van der Waals surface area contributed by atoms with Crippen LogP contribution in [0.4, 0.5) is 5.82 Å². The van der Waals surface area contributed by atoms with Gasteiger partial charge in [0.2, 0.25) is 0 Å². The Bertz CT molecular complexity index is 1140. The van der Waals surface area contributed by atoms with E-state index in [0.717, 1.165) is 46.1 Å². The minimum absolute atomic E-state index is 0.496. The summed E-state index contributed by atoms with van der Waals surface area (Å²) < 4.78 is 12.9. The maximum Gasteiger partial charge on any atom is 0.165 e. The summed E-state index contributed by atoms with van der Waals surface area (Å²) in [6.07, 6.45) is 0. The number of nitrogens with zero attached hydrogens (tertiary/aromatic N) is 4. The zero-order valence-corrected chi connectivity index (χ0v) is 17.8. The van der Waals surface area contributed by atoms with E-state index in [-0.39, 0.29) is 0 Å². The Labute approximate surface area is 175 Å². The Morgan fingerprint density at radius 3 is 2.86 bits per heavy atom. The van der Waals surface area contributed by atoms with Crippen LogP contribution in [-0.2, 0) is 18.0 Å². The fourth-order valence-corrected chi connectivity index (χ4v) is 3.98. The number of methoxy groups -OCH3 is 1. The van der Waals surface area contributed by atoms with E-state index in [2.05, 4.69) is 23.7 Å². The highest BCUT2D eigenvalue weighted by atomic mass is 35.5. The average molecular weight is 411 g/mol. The fourth-order valence-electron chi connectivity index (χ4n) is 3.71. The maximum atomic E-state index is 6.59. The van der Waals surface area contributed by atoms with Gasteiger partial charge in [0.1, 0.15) is 11.6 Å². The molecule has 1 aromatic carbocycles. The number of benzene rings is 1. The Kier molecular flexibility index (Phi) is 5.35. The number of halogens is 1. The van der Waals surface area contributed by atoms with Crippen LogP contribution in [0.15, 0.2) is 18.2 Å². The second-order valence-electron chi connectivity index (χ2n) is 6.84. The molecule has 0 spiro atoms. The molecule has 4 rings (SSSR count). The van der Waals surface area contributed by atoms with E-state index in [1.54, 1.807) is 7.11 Å². The van der Waals surface area contributed by atoms with E-state index in [1.165, 1.54) is 0 Å². The molecular weight excluding hydrogens is 388 g/mol. The summed E-state index contributed by atoms with van der Waals surface area (Å²) in [7, 11) is 1.63. The summed E-state index contributed by atoms with van der Waals surface area (Å²) in [6.45, 7) is 8.40. The minimum Gasteiger partial charge on any atom is -0.497 e. The number of anilines is 1. The van der Waals surface area contributed by atoms with Crippen molar-refractivity contribution in [3.8, 4) is 28.7 Å². The summed E-state index contributed by atoms with van der Waals surface area (Å²) >= 11 is 6.59. The molecule has 6 nitrogen and oxygen atoms in total. The van der Waals surface area contributed by atoms with Gasteiger partial charge in [0.25, 0.3) is 0 Å². The number of fused-ring (bicyclic) bond motifs is 2. The number of hydrogen-bond donors (Lipinski definition) is 0. The summed E-state index contributed by atoms with van der Waals surface area (Å²) in [4.78, 5) is 7.13. The molecule has 0 unspecified atom stereocenters. The molecule has 1 aliphatic rings. The number of ether oxygens (including phenoxy) is 2. The lowest BCUT2D eigenvalue weighted by molar-refractivity contribution is 0.133. The third-order valence-electron chi connectivity index (χ3n) is 5.15. The van der Waals surface area contributed by atoms with Gasteiger partial charge in [-0.2, -0.15) is 9.61 Å². The van der Waals surface area contributed by atoms with Gasteiger partial charge in [0.05, 0.1) is 48.8 Å². The Hall–Kier alpha value is -2.75. The smallest absolute Gasteiger partial charge is 0.165 e. The predicted molar refractivity (Wildman–Crippen MR) is 115 cm³/mol. The molecule has 150 valence electrons. The van der Waals surface area contributed by atoms with Crippen LogP contribution in [0.3, 0.4) is 0 Å². The topological polar surface area (TPSA) is 51.9 Å². The highest BCUT2D eigenvalue weighted by Crippen LogP contribution is 2.38. The van der Waals surface area contributed by atoms with E-state index >= 15 is 0 Å². The van der Waals surface area contributed by atoms with Crippen LogP contribution in [0.2, 0.25) is 5.02 Å². The first kappa shape index (κ1) is 19.6. The highest BCUT2D eigenvalue weighted by molar-refractivity contribution is 6.33. The molecule has 0 saturated heterocycles. The highest BCUT2D eigenvalue weighted by Gasteiger charge is 2.27. The molecule has 1 aliphatic heterocycles. The molecule has 2 aromatic heterocycles. The second-order valence-corrected chi connectivity index (χ2v) is 7.24. The molecule has 0 bridgehead atoms. The van der Waals surface area contributed by atoms with Crippen molar-refractivity contribution in [3.63, 3.8) is 0 Å². The van der Waals surface area contributed by atoms with Crippen molar-refractivity contribution >= 4 is 23.1 Å². The lowest BCUT2D eigenvalue weighted by atomic mass is 10.1. The van der Waals surface area contributed by atoms with Gasteiger partial charge in [-0.25, -0.2) is 4.98 Å². The van der Waals surface area contributed by atoms with Crippen LogP contribution in [0.1, 0.15) is 30.8 Å². The van der Waals surface area contributed by atoms with E-state index in [9.17, 15) is 0 Å². The summed E-state index contributed by atoms with van der Waals surface area (Å²) in [6, 6.07) is 5.67. The maximum absolute atomic E-state index is 6.59. The average Bonchev–Trinajstić information content (AvgIpc) is 3.31. The lowest BCUT2D eigenvalue weighted by Crippen LogP contribution is -2.27. The standard InChI is InChI=1S/C22H23ClN4O2/c1-5-7-10-26(6-2)22-17-12-29-13-19(17)24-21-20(14(3)25-27(21)22)16-9-8-15(28-4)11-18(16)23/h8-9,11H,6,10,12-13H2,1-4H3. The van der Waals surface area contributed by atoms with Gasteiger partial charge in [-0.1, -0.05) is 17.5 Å². The van der Waals surface area contributed by atoms with Gasteiger partial charge in [-0.15, -0.1) is 5.92 Å². The van der Waals surface area contributed by atoms with Crippen LogP contribution in [-0.4, -0.2) is 34.8 Å². The van der Waals surface area contributed by atoms with E-state index < -0.39 is 0 Å². The normalized spacial score (nSPS) is 12.6. The number of rotatable bonds is 5. The molecular formula is C22H23ClN4O2. The first-order chi connectivity index (χ1) is 14.1. The van der Waals surface area contributed by atoms with Crippen LogP contribution in [0, 0.1) is 18.8 Å². The zero-order valence-electron chi connectivity index (χ0n) is 17.0. The predicted octanol–water partition coefficient (Wildman–Crippen LogP) is 4.25. The van der Waals surface area contributed by atoms with E-state index in [0.29, 0.717) is 30.5 Å². The molecule has 3 heterocycles. The number of hydrogen-bond acceptors (Lipinski definition) is 5. The van der Waals surface area contributed by atoms with Gasteiger partial charge in [0.15, 0.2) is 5.65 Å². The summed E-state index contributed by atoms with van der Waals surface area (Å²) in [5.41, 5.74) is 5.47. The molecule has 0 N–H and O–H groups in total. The number of aryl methyl sites for hydroxylation is 1. The molecule has 0 amide bonds. The molecule has 0 fully saturated rings. The molecule has 3 aromatic rings. The third-order valence-corrected chi connectivity index (χ3v) is 5.47. The molecule has 0 radical (unpaired) electrons. The van der Waals surface area contributed by atoms with Crippen molar-refractivity contribution in [2.24, 2.45) is 0 Å². The van der Waals surface area contributed by atoms with Crippen molar-refractivity contribution in [2.75, 3.05) is 25.1 Å². The van der Waals surface area contributed by atoms with Gasteiger partial charge >= 0.3 is 0 Å². The molecule has 0 aliphatic carbocycles. The van der Waals surface area contributed by atoms with Crippen molar-refractivity contribution in [1.29, 1.82) is 0 Å². The van der Waals surface area contributed by atoms with Gasteiger partial charge < -0.3 is 14.4 Å². The Morgan fingerprint density at radius 2 is 2.17 bits per heavy atom. The van der Waals surface area contributed by atoms with Crippen LogP contribution in [0.25, 0.3) is 16.8 Å². The third kappa shape index (κ3) is 3.31. The first-order valence-electron chi connectivity index (χ1n) is 9.56. The molecule has 0 saturated carbocycles. The van der Waals surface area contributed by atoms with Gasteiger partial charge in [-0.3, -0.25) is 0 Å². The largest absolute Gasteiger partial charge is 0.497 e. The first-order valence-corrected chi connectivity index (χ1v) is 9.94. The summed E-state index contributed by atoms with van der Waals surface area (Å²) in [5.74, 6) is 7.85. The van der Waals surface area contributed by atoms with Crippen molar-refractivity contribution in [3.05, 3.63) is 40.2 Å². The monoisotopic (exact) mass is 410 g/mol.